The van der Waals surface area contributed by atoms with Gasteiger partial charge in [0.25, 0.3) is 5.91 Å². The van der Waals surface area contributed by atoms with E-state index in [-0.39, 0.29) is 29.3 Å². The Morgan fingerprint density at radius 2 is 1.92 bits per heavy atom. The van der Waals surface area contributed by atoms with Crippen LogP contribution in [0, 0.1) is 0 Å². The average molecular weight is 357 g/mol. The molecule has 1 fully saturated rings. The molecule has 1 atom stereocenters. The molecular formula is C22H32N2O2. The molecule has 4 nitrogen and oxygen atoms in total. The lowest BCUT2D eigenvalue weighted by molar-refractivity contribution is -0.127. The summed E-state index contributed by atoms with van der Waals surface area (Å²) in [4.78, 5) is 28.8. The number of carbonyl (C=O) groups is 2. The number of hydrogen-bond donors (Lipinski definition) is 1. The largest absolute Gasteiger partial charge is 0.353 e. The maximum atomic E-state index is 13.4. The van der Waals surface area contributed by atoms with E-state index < -0.39 is 0 Å². The van der Waals surface area contributed by atoms with E-state index in [1.165, 1.54) is 6.42 Å². The van der Waals surface area contributed by atoms with E-state index in [1.54, 1.807) is 0 Å². The average Bonchev–Trinajstić information content (AvgIpc) is 2.62. The molecule has 0 aromatic heterocycles. The predicted octanol–water partition coefficient (Wildman–Crippen LogP) is 4.25. The van der Waals surface area contributed by atoms with Crippen molar-refractivity contribution < 1.29 is 9.59 Å². The summed E-state index contributed by atoms with van der Waals surface area (Å²) < 4.78 is 0. The number of rotatable bonds is 5. The van der Waals surface area contributed by atoms with Crippen LogP contribution in [0.2, 0.25) is 0 Å². The van der Waals surface area contributed by atoms with Crippen molar-refractivity contribution in [2.45, 2.75) is 83.2 Å². The summed E-state index contributed by atoms with van der Waals surface area (Å²) in [6.45, 7) is 6.90. The highest BCUT2D eigenvalue weighted by atomic mass is 16.2. The first-order valence-corrected chi connectivity index (χ1v) is 10.2. The molecule has 142 valence electrons. The number of fused-ring (bicyclic) bond motifs is 1. The van der Waals surface area contributed by atoms with Gasteiger partial charge in [0.1, 0.15) is 0 Å². The lowest BCUT2D eigenvalue weighted by Gasteiger charge is -2.54. The molecule has 0 radical (unpaired) electrons. The standard InChI is InChI=1S/C22H32N2O2/c1-4-5-15-24-21(26)18-12-8-7-11-17(18)19(20(25)23-16(2)3)22(24)13-9-6-10-14-22/h7-8,11-12,16,19H,4-6,9-10,13-15H2,1-3H3,(H,23,25)/t19-/m1/s1. The second-order valence-corrected chi connectivity index (χ2v) is 8.16. The molecule has 1 saturated carbocycles. The quantitative estimate of drug-likeness (QED) is 0.857. The fourth-order valence-corrected chi connectivity index (χ4v) is 4.85. The molecule has 1 aromatic rings. The Hall–Kier alpha value is -1.84. The van der Waals surface area contributed by atoms with Crippen molar-refractivity contribution in [3.05, 3.63) is 35.4 Å². The summed E-state index contributed by atoms with van der Waals surface area (Å²) >= 11 is 0. The van der Waals surface area contributed by atoms with E-state index in [4.69, 9.17) is 0 Å². The number of hydrogen-bond acceptors (Lipinski definition) is 2. The van der Waals surface area contributed by atoms with Crippen LogP contribution in [-0.2, 0) is 4.79 Å². The molecular weight excluding hydrogens is 324 g/mol. The van der Waals surface area contributed by atoms with Gasteiger partial charge in [-0.2, -0.15) is 0 Å². The van der Waals surface area contributed by atoms with Gasteiger partial charge in [-0.3, -0.25) is 9.59 Å². The highest BCUT2D eigenvalue weighted by Gasteiger charge is 2.54. The van der Waals surface area contributed by atoms with Gasteiger partial charge in [-0.05, 0) is 44.7 Å². The lowest BCUT2D eigenvalue weighted by Crippen LogP contribution is -2.63. The summed E-state index contributed by atoms with van der Waals surface area (Å²) in [6.07, 6.45) is 7.24. The minimum absolute atomic E-state index is 0.0725. The highest BCUT2D eigenvalue weighted by molar-refractivity contribution is 6.02. The molecule has 1 spiro atoms. The van der Waals surface area contributed by atoms with Gasteiger partial charge < -0.3 is 10.2 Å². The summed E-state index contributed by atoms with van der Waals surface area (Å²) in [5, 5.41) is 3.14. The fourth-order valence-electron chi connectivity index (χ4n) is 4.85. The Labute approximate surface area is 157 Å². The molecule has 1 N–H and O–H groups in total. The van der Waals surface area contributed by atoms with E-state index in [2.05, 4.69) is 17.1 Å². The van der Waals surface area contributed by atoms with Crippen molar-refractivity contribution in [2.24, 2.45) is 0 Å². The number of nitrogens with zero attached hydrogens (tertiary/aromatic N) is 1. The topological polar surface area (TPSA) is 49.4 Å². The second kappa shape index (κ2) is 7.81. The van der Waals surface area contributed by atoms with E-state index in [0.29, 0.717) is 5.56 Å². The number of benzene rings is 1. The first kappa shape index (κ1) is 18.9. The first-order chi connectivity index (χ1) is 12.5. The molecule has 2 aliphatic rings. The Bertz CT molecular complexity index is 662. The van der Waals surface area contributed by atoms with E-state index in [1.807, 2.05) is 38.1 Å². The third-order valence-corrected chi connectivity index (χ3v) is 5.97. The van der Waals surface area contributed by atoms with Crippen LogP contribution in [0.15, 0.2) is 24.3 Å². The molecule has 3 rings (SSSR count). The summed E-state index contributed by atoms with van der Waals surface area (Å²) in [5.74, 6) is -0.0798. The number of nitrogens with one attached hydrogen (secondary N) is 1. The smallest absolute Gasteiger partial charge is 0.254 e. The van der Waals surface area contributed by atoms with Crippen LogP contribution >= 0.6 is 0 Å². The summed E-state index contributed by atoms with van der Waals surface area (Å²) in [7, 11) is 0. The number of amides is 2. The molecule has 0 unspecified atom stereocenters. The van der Waals surface area contributed by atoms with Crippen molar-refractivity contribution in [1.82, 2.24) is 10.2 Å². The van der Waals surface area contributed by atoms with Crippen LogP contribution in [0.1, 0.15) is 87.6 Å². The summed E-state index contributed by atoms with van der Waals surface area (Å²) in [5.41, 5.74) is 1.27. The van der Waals surface area contributed by atoms with Gasteiger partial charge in [-0.25, -0.2) is 0 Å². The Morgan fingerprint density at radius 3 is 2.58 bits per heavy atom. The maximum absolute atomic E-state index is 13.4. The van der Waals surface area contributed by atoms with E-state index >= 15 is 0 Å². The Kier molecular flexibility index (Phi) is 5.69. The molecule has 1 aromatic carbocycles. The van der Waals surface area contributed by atoms with Crippen LogP contribution in [0.3, 0.4) is 0 Å². The Balaban J connectivity index is 2.13. The zero-order chi connectivity index (χ0) is 18.7. The van der Waals surface area contributed by atoms with Crippen LogP contribution in [0.4, 0.5) is 0 Å². The monoisotopic (exact) mass is 356 g/mol. The fraction of sp³-hybridized carbons (Fsp3) is 0.636. The van der Waals surface area contributed by atoms with Crippen molar-refractivity contribution in [1.29, 1.82) is 0 Å². The van der Waals surface area contributed by atoms with Crippen molar-refractivity contribution in [2.75, 3.05) is 6.54 Å². The van der Waals surface area contributed by atoms with E-state index in [9.17, 15) is 9.59 Å². The van der Waals surface area contributed by atoms with Crippen LogP contribution in [0.5, 0.6) is 0 Å². The molecule has 1 heterocycles. The van der Waals surface area contributed by atoms with Crippen LogP contribution in [0.25, 0.3) is 0 Å². The predicted molar refractivity (Wildman–Crippen MR) is 104 cm³/mol. The SMILES string of the molecule is CCCCN1C(=O)c2ccccc2[C@H](C(=O)NC(C)C)C12CCCCC2. The van der Waals surface area contributed by atoms with Crippen LogP contribution in [-0.4, -0.2) is 34.8 Å². The minimum atomic E-state index is -0.363. The number of unbranched alkanes of at least 4 members (excludes halogenated alkanes) is 1. The Morgan fingerprint density at radius 1 is 1.23 bits per heavy atom. The molecule has 0 saturated heterocycles. The minimum Gasteiger partial charge on any atom is -0.353 e. The third kappa shape index (κ3) is 3.26. The molecule has 26 heavy (non-hydrogen) atoms. The van der Waals surface area contributed by atoms with Gasteiger partial charge in [-0.15, -0.1) is 0 Å². The zero-order valence-electron chi connectivity index (χ0n) is 16.4. The molecule has 0 bridgehead atoms. The molecule has 1 aliphatic heterocycles. The van der Waals surface area contributed by atoms with Crippen molar-refractivity contribution >= 4 is 11.8 Å². The van der Waals surface area contributed by atoms with Crippen molar-refractivity contribution in [3.63, 3.8) is 0 Å². The van der Waals surface area contributed by atoms with Crippen LogP contribution < -0.4 is 5.32 Å². The lowest BCUT2D eigenvalue weighted by atomic mass is 9.65. The molecule has 1 aliphatic carbocycles. The van der Waals surface area contributed by atoms with E-state index in [0.717, 1.165) is 50.6 Å². The maximum Gasteiger partial charge on any atom is 0.254 e. The summed E-state index contributed by atoms with van der Waals surface area (Å²) in [6, 6.07) is 7.84. The molecule has 2 amide bonds. The third-order valence-electron chi connectivity index (χ3n) is 5.97. The highest BCUT2D eigenvalue weighted by Crippen LogP contribution is 2.49. The second-order valence-electron chi connectivity index (χ2n) is 8.16. The van der Waals surface area contributed by atoms with Gasteiger partial charge in [0.15, 0.2) is 0 Å². The number of carbonyl (C=O) groups excluding carboxylic acids is 2. The van der Waals surface area contributed by atoms with Gasteiger partial charge in [0.2, 0.25) is 5.91 Å². The van der Waals surface area contributed by atoms with Crippen molar-refractivity contribution in [3.8, 4) is 0 Å². The normalized spacial score (nSPS) is 21.8. The molecule has 4 heteroatoms. The van der Waals surface area contributed by atoms with Gasteiger partial charge in [0, 0.05) is 18.2 Å². The van der Waals surface area contributed by atoms with Gasteiger partial charge in [-0.1, -0.05) is 50.8 Å². The van der Waals surface area contributed by atoms with Gasteiger partial charge in [0.05, 0.1) is 11.5 Å². The zero-order valence-corrected chi connectivity index (χ0v) is 16.4. The first-order valence-electron chi connectivity index (χ1n) is 10.2. The van der Waals surface area contributed by atoms with Gasteiger partial charge >= 0.3 is 0 Å².